The first kappa shape index (κ1) is 8.04. The Balaban J connectivity index is 2.11. The molecule has 2 aliphatic carbocycles. The van der Waals surface area contributed by atoms with E-state index in [9.17, 15) is 9.59 Å². The van der Waals surface area contributed by atoms with Gasteiger partial charge in [0.25, 0.3) is 0 Å². The van der Waals surface area contributed by atoms with E-state index in [2.05, 4.69) is 0 Å². The second-order valence-electron chi connectivity index (χ2n) is 3.54. The Kier molecular flexibility index (Phi) is 1.37. The summed E-state index contributed by atoms with van der Waals surface area (Å²) in [5.41, 5.74) is 0.544. The van der Waals surface area contributed by atoms with Gasteiger partial charge < -0.3 is 10.2 Å². The average molecular weight is 180 g/mol. The molecule has 0 saturated heterocycles. The minimum Gasteiger partial charge on any atom is -0.478 e. The van der Waals surface area contributed by atoms with Crippen LogP contribution in [-0.4, -0.2) is 22.2 Å². The molecule has 0 amide bonds. The van der Waals surface area contributed by atoms with E-state index in [1.54, 1.807) is 12.2 Å². The molecule has 4 nitrogen and oxygen atoms in total. The quantitative estimate of drug-likeness (QED) is 0.659. The monoisotopic (exact) mass is 180 g/mol. The predicted octanol–water partition coefficient (Wildman–Crippen LogP) is 0.802. The van der Waals surface area contributed by atoms with Crippen molar-refractivity contribution in [2.75, 3.05) is 0 Å². The number of carboxylic acids is 2. The highest BCUT2D eigenvalue weighted by molar-refractivity contribution is 5.93. The molecule has 0 aromatic heterocycles. The highest BCUT2D eigenvalue weighted by Crippen LogP contribution is 2.52. The molecule has 0 aromatic carbocycles. The van der Waals surface area contributed by atoms with Gasteiger partial charge in [0.2, 0.25) is 0 Å². The Morgan fingerprint density at radius 1 is 1.08 bits per heavy atom. The third-order valence-corrected chi connectivity index (χ3v) is 2.51. The molecule has 2 aliphatic rings. The molecule has 0 aliphatic heterocycles. The molecule has 0 saturated carbocycles. The van der Waals surface area contributed by atoms with Crippen molar-refractivity contribution in [1.82, 2.24) is 0 Å². The number of carboxylic acid groups (broad SMARTS) is 2. The SMILES string of the molecule is O=C(O)C1=CC2(C=C(C(=O)O)C2)C1. The molecule has 0 bridgehead atoms. The lowest BCUT2D eigenvalue weighted by atomic mass is 9.60. The van der Waals surface area contributed by atoms with Crippen molar-refractivity contribution in [3.05, 3.63) is 23.3 Å². The van der Waals surface area contributed by atoms with Gasteiger partial charge in [0.1, 0.15) is 0 Å². The minimum atomic E-state index is -0.900. The molecule has 0 fully saturated rings. The highest BCUT2D eigenvalue weighted by atomic mass is 16.4. The van der Waals surface area contributed by atoms with Gasteiger partial charge in [-0.05, 0) is 12.8 Å². The number of rotatable bonds is 2. The lowest BCUT2D eigenvalue weighted by molar-refractivity contribution is -0.133. The van der Waals surface area contributed by atoms with Crippen LogP contribution in [0, 0.1) is 5.41 Å². The molecule has 2 rings (SSSR count). The molecular weight excluding hydrogens is 172 g/mol. The molecule has 68 valence electrons. The van der Waals surface area contributed by atoms with Crippen LogP contribution in [0.3, 0.4) is 0 Å². The lowest BCUT2D eigenvalue weighted by Crippen LogP contribution is -2.36. The van der Waals surface area contributed by atoms with E-state index in [4.69, 9.17) is 10.2 Å². The van der Waals surface area contributed by atoms with Crippen molar-refractivity contribution in [3.63, 3.8) is 0 Å². The van der Waals surface area contributed by atoms with Crippen molar-refractivity contribution in [2.24, 2.45) is 5.41 Å². The van der Waals surface area contributed by atoms with Crippen molar-refractivity contribution in [2.45, 2.75) is 12.8 Å². The zero-order valence-electron chi connectivity index (χ0n) is 6.78. The summed E-state index contributed by atoms with van der Waals surface area (Å²) in [6.07, 6.45) is 4.22. The van der Waals surface area contributed by atoms with E-state index < -0.39 is 11.9 Å². The molecule has 13 heavy (non-hydrogen) atoms. The van der Waals surface area contributed by atoms with Crippen LogP contribution in [0.4, 0.5) is 0 Å². The van der Waals surface area contributed by atoms with Crippen LogP contribution in [0.1, 0.15) is 12.8 Å². The number of hydrogen-bond donors (Lipinski definition) is 2. The largest absolute Gasteiger partial charge is 0.478 e. The Bertz CT molecular complexity index is 326. The normalized spacial score (nSPS) is 22.5. The third-order valence-electron chi connectivity index (χ3n) is 2.51. The van der Waals surface area contributed by atoms with Gasteiger partial charge in [0, 0.05) is 16.6 Å². The standard InChI is InChI=1S/C9H8O4/c10-7(11)5-1-9(2-5)3-6(4-9)8(12)13/h1,3H,2,4H2,(H,10,11)(H,12,13). The average Bonchev–Trinajstić information content (AvgIpc) is 1.78. The van der Waals surface area contributed by atoms with Gasteiger partial charge in [-0.2, -0.15) is 0 Å². The third kappa shape index (κ3) is 1.06. The van der Waals surface area contributed by atoms with Gasteiger partial charge in [-0.25, -0.2) is 9.59 Å². The van der Waals surface area contributed by atoms with Crippen LogP contribution in [0.25, 0.3) is 0 Å². The van der Waals surface area contributed by atoms with Crippen LogP contribution < -0.4 is 0 Å². The first-order chi connectivity index (χ1) is 6.02. The van der Waals surface area contributed by atoms with Crippen LogP contribution in [0.15, 0.2) is 23.3 Å². The maximum absolute atomic E-state index is 10.4. The Labute approximate surface area is 74.2 Å². The van der Waals surface area contributed by atoms with Crippen LogP contribution in [-0.2, 0) is 9.59 Å². The smallest absolute Gasteiger partial charge is 0.331 e. The van der Waals surface area contributed by atoms with Crippen LogP contribution in [0.2, 0.25) is 0 Å². The molecule has 0 atom stereocenters. The summed E-state index contributed by atoms with van der Waals surface area (Å²) in [5, 5.41) is 17.1. The first-order valence-corrected chi connectivity index (χ1v) is 3.92. The highest BCUT2D eigenvalue weighted by Gasteiger charge is 2.45. The number of hydrogen-bond acceptors (Lipinski definition) is 2. The fourth-order valence-corrected chi connectivity index (χ4v) is 1.83. The van der Waals surface area contributed by atoms with Crippen molar-refractivity contribution in [1.29, 1.82) is 0 Å². The Morgan fingerprint density at radius 2 is 1.38 bits per heavy atom. The summed E-state index contributed by atoms with van der Waals surface area (Å²) < 4.78 is 0. The van der Waals surface area contributed by atoms with E-state index in [1.807, 2.05) is 0 Å². The molecule has 0 aromatic rings. The molecular formula is C9H8O4. The van der Waals surface area contributed by atoms with Crippen LogP contribution >= 0.6 is 0 Å². The lowest BCUT2D eigenvalue weighted by Gasteiger charge is -2.42. The predicted molar refractivity (Wildman–Crippen MR) is 43.1 cm³/mol. The topological polar surface area (TPSA) is 74.6 Å². The van der Waals surface area contributed by atoms with E-state index in [0.29, 0.717) is 24.0 Å². The molecule has 1 spiro atoms. The molecule has 4 heteroatoms. The molecule has 2 N–H and O–H groups in total. The number of allylic oxidation sites excluding steroid dienone is 2. The number of aliphatic carboxylic acids is 2. The van der Waals surface area contributed by atoms with Crippen molar-refractivity contribution < 1.29 is 19.8 Å². The Hall–Kier alpha value is -1.58. The van der Waals surface area contributed by atoms with E-state index in [-0.39, 0.29) is 5.41 Å². The summed E-state index contributed by atoms with van der Waals surface area (Å²) in [6, 6.07) is 0. The van der Waals surface area contributed by atoms with Crippen molar-refractivity contribution >= 4 is 11.9 Å². The van der Waals surface area contributed by atoms with Gasteiger partial charge in [0.05, 0.1) is 0 Å². The molecule has 0 radical (unpaired) electrons. The summed E-state index contributed by atoms with van der Waals surface area (Å²) in [6.45, 7) is 0. The maximum Gasteiger partial charge on any atom is 0.331 e. The fraction of sp³-hybridized carbons (Fsp3) is 0.333. The van der Waals surface area contributed by atoms with Crippen LogP contribution in [0.5, 0.6) is 0 Å². The van der Waals surface area contributed by atoms with E-state index >= 15 is 0 Å². The zero-order chi connectivity index (χ0) is 9.64. The molecule has 0 heterocycles. The second-order valence-corrected chi connectivity index (χ2v) is 3.54. The van der Waals surface area contributed by atoms with Gasteiger partial charge in [0.15, 0.2) is 0 Å². The summed E-state index contributed by atoms with van der Waals surface area (Å²) in [7, 11) is 0. The fourth-order valence-electron chi connectivity index (χ4n) is 1.83. The van der Waals surface area contributed by atoms with Gasteiger partial charge >= 0.3 is 11.9 Å². The number of carbonyl (C=O) groups is 2. The summed E-state index contributed by atoms with van der Waals surface area (Å²) in [5.74, 6) is -1.80. The van der Waals surface area contributed by atoms with E-state index in [1.165, 1.54) is 0 Å². The minimum absolute atomic E-state index is 0.235. The Morgan fingerprint density at radius 3 is 1.62 bits per heavy atom. The molecule has 0 unspecified atom stereocenters. The van der Waals surface area contributed by atoms with Gasteiger partial charge in [-0.3, -0.25) is 0 Å². The van der Waals surface area contributed by atoms with Gasteiger partial charge in [-0.1, -0.05) is 12.2 Å². The summed E-state index contributed by atoms with van der Waals surface area (Å²) in [4.78, 5) is 20.8. The summed E-state index contributed by atoms with van der Waals surface area (Å²) >= 11 is 0. The van der Waals surface area contributed by atoms with E-state index in [0.717, 1.165) is 0 Å². The van der Waals surface area contributed by atoms with Crippen molar-refractivity contribution in [3.8, 4) is 0 Å². The second kappa shape index (κ2) is 2.22. The maximum atomic E-state index is 10.4. The zero-order valence-corrected chi connectivity index (χ0v) is 6.78. The first-order valence-electron chi connectivity index (χ1n) is 3.92. The van der Waals surface area contributed by atoms with Gasteiger partial charge in [-0.15, -0.1) is 0 Å².